The van der Waals surface area contributed by atoms with Crippen molar-refractivity contribution in [1.29, 1.82) is 0 Å². The van der Waals surface area contributed by atoms with Gasteiger partial charge in [0.05, 0.1) is 10.6 Å². The molecule has 2 heterocycles. The molecule has 5 nitrogen and oxygen atoms in total. The first-order chi connectivity index (χ1) is 15.4. The summed E-state index contributed by atoms with van der Waals surface area (Å²) in [4.78, 5) is 5.08. The average molecular weight is 468 g/mol. The Morgan fingerprint density at radius 3 is 2.59 bits per heavy atom. The van der Waals surface area contributed by atoms with Crippen molar-refractivity contribution in [3.8, 4) is 11.1 Å². The molecular weight excluding hydrogens is 438 g/mol. The lowest BCUT2D eigenvalue weighted by molar-refractivity contribution is 0.598. The van der Waals surface area contributed by atoms with Gasteiger partial charge in [-0.1, -0.05) is 69.2 Å². The molecule has 4 rings (SSSR count). The molecule has 1 aliphatic rings. The van der Waals surface area contributed by atoms with Gasteiger partial charge in [0, 0.05) is 30.7 Å². The van der Waals surface area contributed by atoms with Gasteiger partial charge in [-0.3, -0.25) is 0 Å². The molecule has 7 heteroatoms. The van der Waals surface area contributed by atoms with Gasteiger partial charge >= 0.3 is 0 Å². The minimum atomic E-state index is -3.79. The number of aromatic nitrogens is 2. The monoisotopic (exact) mass is 467 g/mol. The Bertz CT molecular complexity index is 1180. The Morgan fingerprint density at radius 1 is 1.16 bits per heavy atom. The fourth-order valence-electron chi connectivity index (χ4n) is 3.97. The smallest absolute Gasteiger partial charge is 0.238 e. The zero-order valence-electron chi connectivity index (χ0n) is 18.5. The molecule has 0 saturated heterocycles. The van der Waals surface area contributed by atoms with Crippen molar-refractivity contribution in [2.24, 2.45) is 11.1 Å². The van der Waals surface area contributed by atoms with Gasteiger partial charge in [-0.2, -0.15) is 0 Å². The van der Waals surface area contributed by atoms with Crippen LogP contribution in [-0.4, -0.2) is 23.7 Å². The van der Waals surface area contributed by atoms with E-state index in [1.165, 1.54) is 0 Å². The summed E-state index contributed by atoms with van der Waals surface area (Å²) in [5, 5.41) is 6.51. The van der Waals surface area contributed by atoms with Gasteiger partial charge in [-0.15, -0.1) is 11.8 Å². The van der Waals surface area contributed by atoms with E-state index in [-0.39, 0.29) is 4.90 Å². The molecule has 2 aromatic carbocycles. The second kappa shape index (κ2) is 9.81. The molecule has 0 bridgehead atoms. The molecule has 0 spiro atoms. The lowest BCUT2D eigenvalue weighted by atomic mass is 10.0. The maximum Gasteiger partial charge on any atom is 0.238 e. The number of thioether (sulfide) groups is 1. The molecule has 0 amide bonds. The third-order valence-corrected chi connectivity index (χ3v) is 7.92. The van der Waals surface area contributed by atoms with E-state index in [9.17, 15) is 8.42 Å². The molecule has 0 aliphatic carbocycles. The minimum absolute atomic E-state index is 0.144. The number of aryl methyl sites for hydroxylation is 1. The van der Waals surface area contributed by atoms with E-state index in [1.807, 2.05) is 30.0 Å². The minimum Gasteiger partial charge on any atom is -0.326 e. The maximum atomic E-state index is 12.0. The number of primary sulfonamides is 1. The summed E-state index contributed by atoms with van der Waals surface area (Å²) in [7, 11) is -3.79. The van der Waals surface area contributed by atoms with Crippen molar-refractivity contribution >= 4 is 21.8 Å². The van der Waals surface area contributed by atoms with Crippen LogP contribution in [0.4, 0.5) is 0 Å². The van der Waals surface area contributed by atoms with Gasteiger partial charge in [0.25, 0.3) is 0 Å². The number of rotatable bonds is 8. The molecule has 1 aromatic heterocycles. The van der Waals surface area contributed by atoms with Crippen LogP contribution in [0.25, 0.3) is 11.1 Å². The molecule has 1 atom stereocenters. The van der Waals surface area contributed by atoms with Crippen LogP contribution in [0.5, 0.6) is 0 Å². The number of hydrogen-bond acceptors (Lipinski definition) is 4. The van der Waals surface area contributed by atoms with Crippen molar-refractivity contribution in [2.45, 2.75) is 56.0 Å². The number of hydrogen-bond donors (Lipinski definition) is 1. The van der Waals surface area contributed by atoms with Crippen LogP contribution in [0.3, 0.4) is 0 Å². The van der Waals surface area contributed by atoms with E-state index < -0.39 is 10.0 Å². The number of sulfonamides is 1. The van der Waals surface area contributed by atoms with Gasteiger partial charge in [0.15, 0.2) is 0 Å². The first-order valence-corrected chi connectivity index (χ1v) is 13.6. The Labute approximate surface area is 195 Å². The van der Waals surface area contributed by atoms with E-state index in [0.29, 0.717) is 11.5 Å². The first kappa shape index (κ1) is 23.1. The zero-order valence-corrected chi connectivity index (χ0v) is 20.2. The third-order valence-electron chi connectivity index (χ3n) is 5.82. The Balaban J connectivity index is 1.64. The number of benzene rings is 2. The van der Waals surface area contributed by atoms with E-state index in [1.54, 1.807) is 18.2 Å². The van der Waals surface area contributed by atoms with Crippen molar-refractivity contribution in [2.75, 3.05) is 5.75 Å². The highest BCUT2D eigenvalue weighted by Crippen LogP contribution is 2.36. The largest absolute Gasteiger partial charge is 0.326 e. The molecule has 2 radical (unpaired) electrons. The SMILES string of the molecule is CCCCc1nc2c(n1Cc1ccc(-c3ccccc3S(N)(=O)=O)cc1)[C]C(CC)CS2. The van der Waals surface area contributed by atoms with Crippen LogP contribution in [0.1, 0.15) is 50.2 Å². The lowest BCUT2D eigenvalue weighted by Gasteiger charge is -2.21. The number of nitrogens with two attached hydrogens (primary N) is 1. The summed E-state index contributed by atoms with van der Waals surface area (Å²) in [5.74, 6) is 2.63. The number of imidazole rings is 1. The third kappa shape index (κ3) is 4.95. The van der Waals surface area contributed by atoms with Crippen molar-refractivity contribution in [1.82, 2.24) is 9.55 Å². The summed E-state index contributed by atoms with van der Waals surface area (Å²) >= 11 is 1.84. The molecule has 1 unspecified atom stereocenters. The van der Waals surface area contributed by atoms with E-state index in [2.05, 4.69) is 37.0 Å². The summed E-state index contributed by atoms with van der Waals surface area (Å²) < 4.78 is 26.3. The van der Waals surface area contributed by atoms with Crippen molar-refractivity contribution in [3.63, 3.8) is 0 Å². The predicted molar refractivity (Wildman–Crippen MR) is 130 cm³/mol. The van der Waals surface area contributed by atoms with Gasteiger partial charge < -0.3 is 4.57 Å². The Kier molecular flexibility index (Phi) is 7.08. The summed E-state index contributed by atoms with van der Waals surface area (Å²) in [5.41, 5.74) is 3.72. The quantitative estimate of drug-likeness (QED) is 0.497. The second-order valence-corrected chi connectivity index (χ2v) is 10.7. The van der Waals surface area contributed by atoms with Gasteiger partial charge in [0.2, 0.25) is 10.0 Å². The normalized spacial score (nSPS) is 16.2. The highest BCUT2D eigenvalue weighted by Gasteiger charge is 2.26. The fraction of sp³-hybridized carbons (Fsp3) is 0.360. The summed E-state index contributed by atoms with van der Waals surface area (Å²) in [6.07, 6.45) is 7.98. The molecule has 1 aliphatic heterocycles. The highest BCUT2D eigenvalue weighted by molar-refractivity contribution is 7.99. The van der Waals surface area contributed by atoms with Crippen LogP contribution >= 0.6 is 11.8 Å². The average Bonchev–Trinajstić information content (AvgIpc) is 3.14. The lowest BCUT2D eigenvalue weighted by Crippen LogP contribution is -2.15. The molecule has 3 aromatic rings. The maximum absolute atomic E-state index is 12.0. The standard InChI is InChI=1S/C25H29N3O2S2/c1-3-5-10-24-27-25-22(15-18(4-2)17-31-25)28(24)16-19-11-13-20(14-12-19)21-8-6-7-9-23(21)32(26,29)30/h6-9,11-14,18H,3-5,10,16-17H2,1-2H3,(H2,26,29,30). The first-order valence-electron chi connectivity index (χ1n) is 11.1. The van der Waals surface area contributed by atoms with Crippen LogP contribution in [-0.2, 0) is 23.0 Å². The molecule has 168 valence electrons. The van der Waals surface area contributed by atoms with Gasteiger partial charge in [-0.25, -0.2) is 18.5 Å². The molecule has 2 N–H and O–H groups in total. The predicted octanol–water partition coefficient (Wildman–Crippen LogP) is 5.15. The Hall–Kier alpha value is -2.09. The fourth-order valence-corrected chi connectivity index (χ4v) is 5.89. The summed E-state index contributed by atoms with van der Waals surface area (Å²) in [6.45, 7) is 5.13. The van der Waals surface area contributed by atoms with E-state index in [0.717, 1.165) is 65.7 Å². The summed E-state index contributed by atoms with van der Waals surface area (Å²) in [6, 6.07) is 14.9. The topological polar surface area (TPSA) is 78.0 Å². The molecule has 32 heavy (non-hydrogen) atoms. The van der Waals surface area contributed by atoms with E-state index in [4.69, 9.17) is 10.1 Å². The number of unbranched alkanes of at least 4 members (excludes halogenated alkanes) is 1. The van der Waals surface area contributed by atoms with Crippen LogP contribution in [0.2, 0.25) is 0 Å². The highest BCUT2D eigenvalue weighted by atomic mass is 32.2. The second-order valence-electron chi connectivity index (χ2n) is 8.17. The Morgan fingerprint density at radius 2 is 1.91 bits per heavy atom. The van der Waals surface area contributed by atoms with Crippen LogP contribution in [0, 0.1) is 12.3 Å². The van der Waals surface area contributed by atoms with Crippen LogP contribution in [0.15, 0.2) is 58.5 Å². The molecule has 0 saturated carbocycles. The van der Waals surface area contributed by atoms with Crippen LogP contribution < -0.4 is 5.14 Å². The van der Waals surface area contributed by atoms with Crippen molar-refractivity contribution in [3.05, 3.63) is 72.0 Å². The van der Waals surface area contributed by atoms with Gasteiger partial charge in [-0.05, 0) is 29.5 Å². The number of nitrogens with zero attached hydrogens (tertiary/aromatic N) is 2. The zero-order chi connectivity index (χ0) is 22.7. The van der Waals surface area contributed by atoms with Gasteiger partial charge in [0.1, 0.15) is 10.9 Å². The van der Waals surface area contributed by atoms with E-state index >= 15 is 0 Å². The van der Waals surface area contributed by atoms with Crippen molar-refractivity contribution < 1.29 is 8.42 Å². The number of fused-ring (bicyclic) bond motifs is 1. The molecular formula is C25H29N3O2S2. The molecule has 0 fully saturated rings.